The molecule has 1 radical (unpaired) electrons. The smallest absolute Gasteiger partial charge is 0.257 e. The van der Waals surface area contributed by atoms with E-state index in [1.54, 1.807) is 24.3 Å². The zero-order valence-electron chi connectivity index (χ0n) is 7.42. The van der Waals surface area contributed by atoms with Crippen molar-refractivity contribution in [3.63, 3.8) is 0 Å². The van der Waals surface area contributed by atoms with Gasteiger partial charge < -0.3 is 5.11 Å². The molecule has 14 heavy (non-hydrogen) atoms. The van der Waals surface area contributed by atoms with E-state index in [4.69, 9.17) is 5.11 Å². The summed E-state index contributed by atoms with van der Waals surface area (Å²) in [4.78, 5) is 0. The maximum atomic E-state index is 10.1. The van der Waals surface area contributed by atoms with Crippen molar-refractivity contribution in [2.45, 2.75) is 12.7 Å². The highest BCUT2D eigenvalue weighted by atomic mass is 32.2. The molecule has 1 aromatic carbocycles. The third-order valence-electron chi connectivity index (χ3n) is 1.70. The van der Waals surface area contributed by atoms with Gasteiger partial charge in [-0.1, -0.05) is 24.3 Å². The Labute approximate surface area is 84.3 Å². The minimum absolute atomic E-state index is 0.0201. The number of thiol groups is 1. The van der Waals surface area contributed by atoms with Gasteiger partial charge in [-0.05, 0) is 18.1 Å². The van der Waals surface area contributed by atoms with Gasteiger partial charge in [0, 0.05) is 0 Å². The summed E-state index contributed by atoms with van der Waals surface area (Å²) in [6, 6.07) is 6.72. The number of hydrogen-bond acceptors (Lipinski definition) is 4. The highest BCUT2D eigenvalue weighted by Gasteiger charge is 2.00. The van der Waals surface area contributed by atoms with Crippen LogP contribution in [0.3, 0.4) is 0 Å². The summed E-state index contributed by atoms with van der Waals surface area (Å²) in [6.07, 6.45) is -0.763. The van der Waals surface area contributed by atoms with E-state index < -0.39 is 17.1 Å². The van der Waals surface area contributed by atoms with Crippen molar-refractivity contribution in [2.24, 2.45) is 0 Å². The molecule has 77 valence electrons. The predicted molar refractivity (Wildman–Crippen MR) is 51.9 cm³/mol. The molecule has 5 heteroatoms. The third-order valence-corrected chi connectivity index (χ3v) is 2.04. The van der Waals surface area contributed by atoms with E-state index >= 15 is 0 Å². The Hall–Kier alpha value is -0.910. The Kier molecular flexibility index (Phi) is 4.06. The van der Waals surface area contributed by atoms with Crippen LogP contribution in [0.1, 0.15) is 17.2 Å². The maximum Gasteiger partial charge on any atom is 0.257 e. The first-order valence-corrected chi connectivity index (χ1v) is 5.06. The molecule has 1 N–H and O–H groups in total. The molecule has 1 rings (SSSR count). The van der Waals surface area contributed by atoms with Gasteiger partial charge in [-0.25, -0.2) is 8.42 Å². The molecular weight excluding hydrogens is 204 g/mol. The van der Waals surface area contributed by atoms with E-state index in [-0.39, 0.29) is 6.61 Å². The quantitative estimate of drug-likeness (QED) is 0.722. The van der Waals surface area contributed by atoms with E-state index in [0.29, 0.717) is 5.56 Å². The van der Waals surface area contributed by atoms with E-state index in [2.05, 4.69) is 11.1 Å². The predicted octanol–water partition coefficient (Wildman–Crippen LogP) is 0.597. The Morgan fingerprint density at radius 3 is 2.36 bits per heavy atom. The first-order valence-electron chi connectivity index (χ1n) is 3.97. The lowest BCUT2D eigenvalue weighted by atomic mass is 10.1. The molecule has 1 atom stereocenters. The second kappa shape index (κ2) is 5.09. The van der Waals surface area contributed by atoms with Crippen LogP contribution in [0.4, 0.5) is 0 Å². The van der Waals surface area contributed by atoms with Crippen LogP contribution in [0, 0.1) is 6.92 Å². The lowest BCUT2D eigenvalue weighted by Crippen LogP contribution is -1.94. The fraction of sp³-hybridized carbons (Fsp3) is 0.222. The minimum atomic E-state index is -2.81. The van der Waals surface area contributed by atoms with E-state index in [9.17, 15) is 8.42 Å². The first kappa shape index (κ1) is 11.2. The zero-order chi connectivity index (χ0) is 10.6. The van der Waals surface area contributed by atoms with Crippen LogP contribution in [0.15, 0.2) is 24.3 Å². The molecule has 0 saturated heterocycles. The van der Waals surface area contributed by atoms with Crippen molar-refractivity contribution >= 4 is 11.0 Å². The lowest BCUT2D eigenvalue weighted by molar-refractivity contribution is 0.226. The van der Waals surface area contributed by atoms with Gasteiger partial charge in [0.1, 0.15) is 0 Å². The van der Waals surface area contributed by atoms with Gasteiger partial charge in [0.25, 0.3) is 11.0 Å². The molecule has 0 aromatic heterocycles. The van der Waals surface area contributed by atoms with Crippen LogP contribution in [0.25, 0.3) is 0 Å². The normalized spacial score (nSPS) is 13.1. The van der Waals surface area contributed by atoms with E-state index in [0.717, 1.165) is 5.56 Å². The fourth-order valence-electron chi connectivity index (χ4n) is 0.963. The third kappa shape index (κ3) is 3.45. The second-order valence-corrected chi connectivity index (χ2v) is 3.46. The topological polar surface area (TPSA) is 63.6 Å². The molecular formula is C9H11O4S. The maximum absolute atomic E-state index is 10.1. The first-order chi connectivity index (χ1) is 6.59. The summed E-state index contributed by atoms with van der Waals surface area (Å²) >= 11 is 0. The van der Waals surface area contributed by atoms with Crippen LogP contribution < -0.4 is 0 Å². The summed E-state index contributed by atoms with van der Waals surface area (Å²) in [7, 11) is -2.81. The van der Waals surface area contributed by atoms with E-state index in [1.807, 2.05) is 0 Å². The Morgan fingerprint density at radius 2 is 1.93 bits per heavy atom. The largest absolute Gasteiger partial charge is 0.388 e. The molecule has 0 bridgehead atoms. The SMILES string of the molecule is [CH2]C(O)c1ccc(CO[SH](=O)=O)cc1. The number of aliphatic hydroxyl groups excluding tert-OH is 1. The summed E-state index contributed by atoms with van der Waals surface area (Å²) in [6.45, 7) is 3.46. The highest BCUT2D eigenvalue weighted by Crippen LogP contribution is 2.12. The standard InChI is InChI=1S/C9H11O4S/c1-7(10)9-4-2-8(3-5-9)6-13-14(11)12/h2-5,7,10,14H,1,6H2. The second-order valence-electron chi connectivity index (χ2n) is 2.75. The van der Waals surface area contributed by atoms with Crippen molar-refractivity contribution in [3.8, 4) is 0 Å². The molecule has 0 heterocycles. The van der Waals surface area contributed by atoms with Gasteiger partial charge in [0.15, 0.2) is 0 Å². The van der Waals surface area contributed by atoms with Gasteiger partial charge in [0.2, 0.25) is 0 Å². The van der Waals surface area contributed by atoms with Crippen LogP contribution in [0.5, 0.6) is 0 Å². The van der Waals surface area contributed by atoms with Gasteiger partial charge >= 0.3 is 0 Å². The number of aliphatic hydroxyl groups is 1. The molecule has 4 nitrogen and oxygen atoms in total. The molecule has 0 fully saturated rings. The molecule has 0 saturated carbocycles. The average molecular weight is 215 g/mol. The van der Waals surface area contributed by atoms with Crippen LogP contribution in [0.2, 0.25) is 0 Å². The number of hydrogen-bond donors (Lipinski definition) is 2. The zero-order valence-corrected chi connectivity index (χ0v) is 8.31. The molecule has 1 unspecified atom stereocenters. The van der Waals surface area contributed by atoms with Gasteiger partial charge in [-0.3, -0.25) is 4.18 Å². The molecule has 1 aromatic rings. The summed E-state index contributed by atoms with van der Waals surface area (Å²) < 4.78 is 24.6. The summed E-state index contributed by atoms with van der Waals surface area (Å²) in [5, 5.41) is 9.09. The van der Waals surface area contributed by atoms with Gasteiger partial charge in [-0.2, -0.15) is 0 Å². The monoisotopic (exact) mass is 215 g/mol. The molecule has 0 aliphatic heterocycles. The fourth-order valence-corrected chi connectivity index (χ4v) is 1.22. The van der Waals surface area contributed by atoms with Crippen molar-refractivity contribution in [1.82, 2.24) is 0 Å². The van der Waals surface area contributed by atoms with Crippen LogP contribution in [-0.2, 0) is 21.8 Å². The Balaban J connectivity index is 2.64. The Morgan fingerprint density at radius 1 is 1.36 bits per heavy atom. The minimum Gasteiger partial charge on any atom is -0.388 e. The summed E-state index contributed by atoms with van der Waals surface area (Å²) in [5.41, 5.74) is 1.41. The van der Waals surface area contributed by atoms with Gasteiger partial charge in [0.05, 0.1) is 12.7 Å². The average Bonchev–Trinajstić information content (AvgIpc) is 2.15. The van der Waals surface area contributed by atoms with Crippen LogP contribution >= 0.6 is 0 Å². The number of rotatable bonds is 4. The molecule has 0 aliphatic carbocycles. The van der Waals surface area contributed by atoms with Crippen molar-refractivity contribution in [3.05, 3.63) is 42.3 Å². The molecule has 0 aliphatic rings. The Bertz CT molecular complexity index is 346. The van der Waals surface area contributed by atoms with E-state index in [1.165, 1.54) is 0 Å². The number of benzene rings is 1. The van der Waals surface area contributed by atoms with Crippen LogP contribution in [-0.4, -0.2) is 13.5 Å². The van der Waals surface area contributed by atoms with Crippen molar-refractivity contribution in [2.75, 3.05) is 0 Å². The van der Waals surface area contributed by atoms with Crippen molar-refractivity contribution < 1.29 is 17.7 Å². The lowest BCUT2D eigenvalue weighted by Gasteiger charge is -2.04. The molecule has 0 spiro atoms. The van der Waals surface area contributed by atoms with Gasteiger partial charge in [-0.15, -0.1) is 0 Å². The van der Waals surface area contributed by atoms with Crippen molar-refractivity contribution in [1.29, 1.82) is 0 Å². The highest BCUT2D eigenvalue weighted by molar-refractivity contribution is 7.67. The summed E-state index contributed by atoms with van der Waals surface area (Å²) in [5.74, 6) is 0. The molecule has 0 amide bonds.